The number of aromatic nitrogens is 1. The van der Waals surface area contributed by atoms with Crippen molar-refractivity contribution < 1.29 is 0 Å². The van der Waals surface area contributed by atoms with Gasteiger partial charge in [-0.3, -0.25) is 4.98 Å². The fraction of sp³-hybridized carbons (Fsp3) is 0.462. The van der Waals surface area contributed by atoms with E-state index < -0.39 is 0 Å². The van der Waals surface area contributed by atoms with E-state index in [2.05, 4.69) is 38.7 Å². The largest absolute Gasteiger partial charge is 0.264 e. The molecule has 2 rings (SSSR count). The van der Waals surface area contributed by atoms with Crippen molar-refractivity contribution in [2.45, 2.75) is 34.1 Å². The Hall–Kier alpha value is -1.11. The highest BCUT2D eigenvalue weighted by molar-refractivity contribution is 5.75. The maximum absolute atomic E-state index is 4.18. The normalized spacial score (nSPS) is 16.0. The minimum atomic E-state index is 0.281. The molecule has 0 amide bonds. The predicted octanol–water partition coefficient (Wildman–Crippen LogP) is 3.46. The third-order valence-electron chi connectivity index (χ3n) is 3.03. The first kappa shape index (κ1) is 9.45. The molecule has 14 heavy (non-hydrogen) atoms. The number of nitrogens with zero attached hydrogens (tertiary/aromatic N) is 1. The lowest BCUT2D eigenvalue weighted by Crippen LogP contribution is -2.09. The van der Waals surface area contributed by atoms with Gasteiger partial charge in [-0.25, -0.2) is 0 Å². The van der Waals surface area contributed by atoms with Crippen LogP contribution in [0.1, 0.15) is 38.8 Å². The second kappa shape index (κ2) is 2.94. The Morgan fingerprint density at radius 3 is 2.57 bits per heavy atom. The van der Waals surface area contributed by atoms with Crippen molar-refractivity contribution in [3.8, 4) is 0 Å². The van der Waals surface area contributed by atoms with Crippen LogP contribution in [-0.4, -0.2) is 4.98 Å². The Morgan fingerprint density at radius 2 is 2.00 bits per heavy atom. The monoisotopic (exact) mass is 187 g/mol. The van der Waals surface area contributed by atoms with Gasteiger partial charge in [0.05, 0.1) is 0 Å². The molecule has 0 radical (unpaired) electrons. The van der Waals surface area contributed by atoms with E-state index in [9.17, 15) is 0 Å². The Bertz CT molecular complexity index is 394. The lowest BCUT2D eigenvalue weighted by Gasteiger charge is -2.21. The summed E-state index contributed by atoms with van der Waals surface area (Å²) in [5.41, 5.74) is 6.07. The molecule has 1 aliphatic rings. The predicted molar refractivity (Wildman–Crippen MR) is 60.0 cm³/mol. The third kappa shape index (κ3) is 1.37. The highest BCUT2D eigenvalue weighted by atomic mass is 14.6. The second-order valence-corrected chi connectivity index (χ2v) is 5.06. The lowest BCUT2D eigenvalue weighted by molar-refractivity contribution is 0.496. The van der Waals surface area contributed by atoms with Crippen LogP contribution in [-0.2, 0) is 6.42 Å². The molecule has 0 aliphatic heterocycles. The minimum absolute atomic E-state index is 0.281. The Balaban J connectivity index is 2.50. The van der Waals surface area contributed by atoms with Crippen molar-refractivity contribution in [2.24, 2.45) is 5.41 Å². The molecular weight excluding hydrogens is 170 g/mol. The maximum Gasteiger partial charge on any atom is 0.0309 e. The van der Waals surface area contributed by atoms with E-state index in [1.165, 1.54) is 16.7 Å². The second-order valence-electron chi connectivity index (χ2n) is 5.06. The molecule has 0 saturated heterocycles. The molecule has 0 aromatic carbocycles. The average molecular weight is 187 g/mol. The molecule has 1 aromatic rings. The standard InChI is InChI=1S/C13H17N/c1-9-11-5-6-14-8-10(11)7-12(9)13(2,3)4/h5-6,8H,7H2,1-4H3. The van der Waals surface area contributed by atoms with Gasteiger partial charge in [0, 0.05) is 12.4 Å². The van der Waals surface area contributed by atoms with Crippen molar-refractivity contribution in [3.05, 3.63) is 35.2 Å². The fourth-order valence-corrected chi connectivity index (χ4v) is 2.25. The van der Waals surface area contributed by atoms with Crippen LogP contribution in [0.15, 0.2) is 24.0 Å². The Kier molecular flexibility index (Phi) is 1.99. The molecule has 0 saturated carbocycles. The summed E-state index contributed by atoms with van der Waals surface area (Å²) < 4.78 is 0. The molecule has 0 unspecified atom stereocenters. The first-order chi connectivity index (χ1) is 6.50. The Morgan fingerprint density at radius 1 is 1.29 bits per heavy atom. The first-order valence-corrected chi connectivity index (χ1v) is 5.13. The van der Waals surface area contributed by atoms with Gasteiger partial charge in [0.1, 0.15) is 0 Å². The Labute approximate surface area is 85.9 Å². The summed E-state index contributed by atoms with van der Waals surface area (Å²) in [5, 5.41) is 0. The van der Waals surface area contributed by atoms with Crippen LogP contribution < -0.4 is 0 Å². The van der Waals surface area contributed by atoms with Gasteiger partial charge in [0.25, 0.3) is 0 Å². The van der Waals surface area contributed by atoms with Crippen molar-refractivity contribution in [2.75, 3.05) is 0 Å². The van der Waals surface area contributed by atoms with Crippen molar-refractivity contribution in [1.29, 1.82) is 0 Å². The van der Waals surface area contributed by atoms with Crippen LogP contribution >= 0.6 is 0 Å². The van der Waals surface area contributed by atoms with E-state index >= 15 is 0 Å². The highest BCUT2D eigenvalue weighted by Crippen LogP contribution is 2.40. The third-order valence-corrected chi connectivity index (χ3v) is 3.03. The van der Waals surface area contributed by atoms with Crippen LogP contribution in [0.4, 0.5) is 0 Å². The van der Waals surface area contributed by atoms with Crippen LogP contribution in [0, 0.1) is 5.41 Å². The summed E-state index contributed by atoms with van der Waals surface area (Å²) in [4.78, 5) is 4.18. The quantitative estimate of drug-likeness (QED) is 0.606. The van der Waals surface area contributed by atoms with Gasteiger partial charge in [-0.2, -0.15) is 0 Å². The molecular formula is C13H17N. The molecule has 1 heterocycles. The molecule has 0 spiro atoms. The van der Waals surface area contributed by atoms with Crippen molar-refractivity contribution >= 4 is 5.57 Å². The number of hydrogen-bond donors (Lipinski definition) is 0. The molecule has 1 heteroatoms. The van der Waals surface area contributed by atoms with Crippen molar-refractivity contribution in [3.63, 3.8) is 0 Å². The minimum Gasteiger partial charge on any atom is -0.264 e. The zero-order valence-corrected chi connectivity index (χ0v) is 9.39. The molecule has 0 bridgehead atoms. The summed E-state index contributed by atoms with van der Waals surface area (Å²) in [7, 11) is 0. The van der Waals surface area contributed by atoms with E-state index in [4.69, 9.17) is 0 Å². The first-order valence-electron chi connectivity index (χ1n) is 5.13. The van der Waals surface area contributed by atoms with Gasteiger partial charge >= 0.3 is 0 Å². The van der Waals surface area contributed by atoms with E-state index in [1.54, 1.807) is 5.57 Å². The molecule has 1 nitrogen and oxygen atoms in total. The van der Waals surface area contributed by atoms with Crippen LogP contribution in [0.5, 0.6) is 0 Å². The molecule has 1 aliphatic carbocycles. The molecule has 0 N–H and O–H groups in total. The van der Waals surface area contributed by atoms with Crippen LogP contribution in [0.3, 0.4) is 0 Å². The SMILES string of the molecule is CC1=C(C(C)(C)C)Cc2cnccc21. The van der Waals surface area contributed by atoms with Gasteiger partial charge in [-0.1, -0.05) is 26.3 Å². The molecule has 0 atom stereocenters. The number of allylic oxidation sites excluding steroid dienone is 2. The lowest BCUT2D eigenvalue weighted by atomic mass is 9.83. The van der Waals surface area contributed by atoms with Crippen LogP contribution in [0.2, 0.25) is 0 Å². The number of rotatable bonds is 0. The zero-order valence-electron chi connectivity index (χ0n) is 9.39. The molecule has 1 aromatic heterocycles. The maximum atomic E-state index is 4.18. The summed E-state index contributed by atoms with van der Waals surface area (Å²) in [6, 6.07) is 2.13. The van der Waals surface area contributed by atoms with E-state index in [0.717, 1.165) is 6.42 Å². The van der Waals surface area contributed by atoms with Gasteiger partial charge in [0.15, 0.2) is 0 Å². The highest BCUT2D eigenvalue weighted by Gasteiger charge is 2.26. The van der Waals surface area contributed by atoms with Crippen LogP contribution in [0.25, 0.3) is 5.57 Å². The average Bonchev–Trinajstić information content (AvgIpc) is 2.44. The van der Waals surface area contributed by atoms with Gasteiger partial charge in [-0.15, -0.1) is 0 Å². The zero-order chi connectivity index (χ0) is 10.3. The number of fused-ring (bicyclic) bond motifs is 1. The van der Waals surface area contributed by atoms with Gasteiger partial charge in [-0.05, 0) is 41.5 Å². The number of hydrogen-bond acceptors (Lipinski definition) is 1. The molecule has 74 valence electrons. The smallest absolute Gasteiger partial charge is 0.0309 e. The van der Waals surface area contributed by atoms with E-state index in [-0.39, 0.29) is 5.41 Å². The summed E-state index contributed by atoms with van der Waals surface area (Å²) in [6.07, 6.45) is 4.96. The number of pyridine rings is 1. The van der Waals surface area contributed by atoms with Gasteiger partial charge < -0.3 is 0 Å². The summed E-state index contributed by atoms with van der Waals surface area (Å²) >= 11 is 0. The summed E-state index contributed by atoms with van der Waals surface area (Å²) in [6.45, 7) is 9.08. The summed E-state index contributed by atoms with van der Waals surface area (Å²) in [5.74, 6) is 0. The van der Waals surface area contributed by atoms with E-state index in [0.29, 0.717) is 0 Å². The fourth-order valence-electron chi connectivity index (χ4n) is 2.25. The van der Waals surface area contributed by atoms with E-state index in [1.807, 2.05) is 12.4 Å². The molecule has 0 fully saturated rings. The topological polar surface area (TPSA) is 12.9 Å². The van der Waals surface area contributed by atoms with Crippen molar-refractivity contribution in [1.82, 2.24) is 4.98 Å². The van der Waals surface area contributed by atoms with Gasteiger partial charge in [0.2, 0.25) is 0 Å².